The maximum absolute atomic E-state index is 13.7. The van der Waals surface area contributed by atoms with Gasteiger partial charge in [0.1, 0.15) is 18.0 Å². The highest BCUT2D eigenvalue weighted by molar-refractivity contribution is 5.85. The number of benzene rings is 2. The summed E-state index contributed by atoms with van der Waals surface area (Å²) in [6.45, 7) is 5.70. The largest absolute Gasteiger partial charge is 0.444 e. The van der Waals surface area contributed by atoms with Gasteiger partial charge in [-0.1, -0.05) is 66.7 Å². The quantitative estimate of drug-likeness (QED) is 0.357. The van der Waals surface area contributed by atoms with Gasteiger partial charge in [0.05, 0.1) is 12.5 Å². The number of hydroxylamine groups is 2. The van der Waals surface area contributed by atoms with E-state index in [4.69, 9.17) is 15.3 Å². The number of carbonyl (C=O) groups is 3. The van der Waals surface area contributed by atoms with Gasteiger partial charge >= 0.3 is 6.09 Å². The molecule has 3 rings (SSSR count). The number of nitrogens with zero attached hydrogens (tertiary/aromatic N) is 2. The molecule has 3 aromatic rings. The number of nitrogens with two attached hydrogens (primary N) is 1. The normalized spacial score (nSPS) is 11.9. The van der Waals surface area contributed by atoms with Crippen LogP contribution in [0.5, 0.6) is 0 Å². The molecule has 1 heterocycles. The average Bonchev–Trinajstić information content (AvgIpc) is 2.86. The Bertz CT molecular complexity index is 1200. The van der Waals surface area contributed by atoms with Gasteiger partial charge in [0, 0.05) is 12.6 Å². The van der Waals surface area contributed by atoms with Crippen LogP contribution in [0.15, 0.2) is 79.0 Å². The predicted octanol–water partition coefficient (Wildman–Crippen LogP) is 4.62. The van der Waals surface area contributed by atoms with E-state index in [2.05, 4.69) is 10.3 Å². The van der Waals surface area contributed by atoms with Crippen molar-refractivity contribution >= 4 is 23.7 Å². The smallest absolute Gasteiger partial charge is 0.413 e. The number of pyridine rings is 1. The van der Waals surface area contributed by atoms with Crippen LogP contribution < -0.4 is 11.1 Å². The second-order valence-corrected chi connectivity index (χ2v) is 9.87. The second kappa shape index (κ2) is 13.3. The molecule has 0 spiro atoms. The first kappa shape index (κ1) is 28.3. The molecule has 0 radical (unpaired) electrons. The highest BCUT2D eigenvalue weighted by Gasteiger charge is 2.28. The third-order valence-electron chi connectivity index (χ3n) is 5.38. The first-order valence-corrected chi connectivity index (χ1v) is 12.3. The van der Waals surface area contributed by atoms with Crippen molar-refractivity contribution in [2.45, 2.75) is 52.4 Å². The van der Waals surface area contributed by atoms with Crippen LogP contribution in [0.25, 0.3) is 0 Å². The maximum Gasteiger partial charge on any atom is 0.413 e. The van der Waals surface area contributed by atoms with Gasteiger partial charge < -0.3 is 10.5 Å². The summed E-state index contributed by atoms with van der Waals surface area (Å²) >= 11 is 0. The summed E-state index contributed by atoms with van der Waals surface area (Å²) in [5.74, 6) is -1.42. The second-order valence-electron chi connectivity index (χ2n) is 9.87. The number of anilines is 1. The summed E-state index contributed by atoms with van der Waals surface area (Å²) in [4.78, 5) is 47.7. The average molecular weight is 519 g/mol. The monoisotopic (exact) mass is 518 g/mol. The Hall–Kier alpha value is -4.24. The number of hydrogen-bond donors (Lipinski definition) is 2. The number of amides is 3. The molecule has 38 heavy (non-hydrogen) atoms. The first-order chi connectivity index (χ1) is 18.1. The number of ether oxygens (including phenoxy) is 1. The minimum absolute atomic E-state index is 0.156. The van der Waals surface area contributed by atoms with Gasteiger partial charge in [-0.05, 0) is 49.9 Å². The number of aromatic nitrogens is 1. The standard InChI is InChI=1S/C29H34N4O5/c1-29(2,3)38-28(36)32-26-15-14-23(18-31-26)16-24(17-25(30)34)27(35)33(19-21-10-6-4-7-11-21)37-20-22-12-8-5-9-13-22/h4-15,18,24H,16-17,19-20H2,1-3H3,(H2,30,34)(H,31,32,36). The summed E-state index contributed by atoms with van der Waals surface area (Å²) < 4.78 is 5.24. The van der Waals surface area contributed by atoms with Crippen LogP contribution in [-0.2, 0) is 38.7 Å². The van der Waals surface area contributed by atoms with Crippen LogP contribution in [0.4, 0.5) is 10.6 Å². The summed E-state index contributed by atoms with van der Waals surface area (Å²) in [6, 6.07) is 22.3. The zero-order valence-electron chi connectivity index (χ0n) is 21.9. The predicted molar refractivity (Wildman–Crippen MR) is 143 cm³/mol. The van der Waals surface area contributed by atoms with E-state index in [1.807, 2.05) is 60.7 Å². The molecule has 2 aromatic carbocycles. The van der Waals surface area contributed by atoms with Crippen molar-refractivity contribution in [1.29, 1.82) is 0 Å². The Kier molecular flexibility index (Phi) is 9.95. The number of hydrogen-bond acceptors (Lipinski definition) is 6. The molecule has 1 atom stereocenters. The fraction of sp³-hybridized carbons (Fsp3) is 0.310. The third-order valence-corrected chi connectivity index (χ3v) is 5.38. The molecule has 3 N–H and O–H groups in total. The van der Waals surface area contributed by atoms with Crippen molar-refractivity contribution in [3.05, 3.63) is 95.7 Å². The van der Waals surface area contributed by atoms with Crippen molar-refractivity contribution in [3.8, 4) is 0 Å². The molecular formula is C29H34N4O5. The van der Waals surface area contributed by atoms with E-state index in [0.29, 0.717) is 11.4 Å². The van der Waals surface area contributed by atoms with Crippen LogP contribution >= 0.6 is 0 Å². The summed E-state index contributed by atoms with van der Waals surface area (Å²) in [5, 5.41) is 3.86. The Morgan fingerprint density at radius 1 is 0.921 bits per heavy atom. The zero-order chi connectivity index (χ0) is 27.5. The van der Waals surface area contributed by atoms with Gasteiger partial charge in [-0.2, -0.15) is 0 Å². The highest BCUT2D eigenvalue weighted by Crippen LogP contribution is 2.20. The van der Waals surface area contributed by atoms with E-state index in [1.54, 1.807) is 39.1 Å². The molecule has 1 aromatic heterocycles. The summed E-state index contributed by atoms with van der Waals surface area (Å²) in [7, 11) is 0. The minimum Gasteiger partial charge on any atom is -0.444 e. The molecular weight excluding hydrogens is 484 g/mol. The van der Waals surface area contributed by atoms with Crippen molar-refractivity contribution in [1.82, 2.24) is 10.0 Å². The molecule has 200 valence electrons. The van der Waals surface area contributed by atoms with Crippen LogP contribution in [0.3, 0.4) is 0 Å². The van der Waals surface area contributed by atoms with E-state index in [0.717, 1.165) is 11.1 Å². The summed E-state index contributed by atoms with van der Waals surface area (Å²) in [6.07, 6.45) is 0.977. The Balaban J connectivity index is 1.74. The van der Waals surface area contributed by atoms with E-state index in [-0.39, 0.29) is 31.9 Å². The van der Waals surface area contributed by atoms with E-state index in [1.165, 1.54) is 5.06 Å². The Labute approximate surface area is 222 Å². The molecule has 9 nitrogen and oxygen atoms in total. The molecule has 0 bridgehead atoms. The topological polar surface area (TPSA) is 124 Å². The van der Waals surface area contributed by atoms with Gasteiger partial charge in [-0.3, -0.25) is 19.7 Å². The zero-order valence-corrected chi connectivity index (χ0v) is 21.9. The lowest BCUT2D eigenvalue weighted by molar-refractivity contribution is -0.200. The lowest BCUT2D eigenvalue weighted by atomic mass is 9.95. The van der Waals surface area contributed by atoms with Crippen LogP contribution in [0, 0.1) is 5.92 Å². The van der Waals surface area contributed by atoms with Gasteiger partial charge in [0.15, 0.2) is 0 Å². The van der Waals surface area contributed by atoms with Crippen LogP contribution in [0.2, 0.25) is 0 Å². The highest BCUT2D eigenvalue weighted by atomic mass is 16.7. The van der Waals surface area contributed by atoms with Gasteiger partial charge in [-0.15, -0.1) is 0 Å². The lowest BCUT2D eigenvalue weighted by Crippen LogP contribution is -2.38. The van der Waals surface area contributed by atoms with Gasteiger partial charge in [-0.25, -0.2) is 14.8 Å². The molecule has 0 aliphatic rings. The SMILES string of the molecule is CC(C)(C)OC(=O)Nc1ccc(CC(CC(N)=O)C(=O)N(Cc2ccccc2)OCc2ccccc2)cn1. The van der Waals surface area contributed by atoms with E-state index in [9.17, 15) is 14.4 Å². The number of rotatable bonds is 11. The number of nitrogens with one attached hydrogen (secondary N) is 1. The van der Waals surface area contributed by atoms with Gasteiger partial charge in [0.2, 0.25) is 11.8 Å². The molecule has 0 aliphatic heterocycles. The minimum atomic E-state index is -0.765. The van der Waals surface area contributed by atoms with Crippen molar-refractivity contribution in [3.63, 3.8) is 0 Å². The fourth-order valence-corrected chi connectivity index (χ4v) is 3.67. The number of primary amides is 1. The Morgan fingerprint density at radius 3 is 2.11 bits per heavy atom. The molecule has 0 saturated carbocycles. The molecule has 3 amide bonds. The molecule has 0 saturated heterocycles. The fourth-order valence-electron chi connectivity index (χ4n) is 3.67. The molecule has 1 unspecified atom stereocenters. The number of carbonyl (C=O) groups excluding carboxylic acids is 3. The van der Waals surface area contributed by atoms with E-state index < -0.39 is 23.5 Å². The summed E-state index contributed by atoms with van der Waals surface area (Å²) in [5.41, 5.74) is 7.35. The van der Waals surface area contributed by atoms with Crippen molar-refractivity contribution in [2.75, 3.05) is 5.32 Å². The first-order valence-electron chi connectivity index (χ1n) is 12.3. The van der Waals surface area contributed by atoms with Crippen LogP contribution in [0.1, 0.15) is 43.9 Å². The third kappa shape index (κ3) is 9.67. The lowest BCUT2D eigenvalue weighted by Gasteiger charge is -2.26. The van der Waals surface area contributed by atoms with Gasteiger partial charge in [0.25, 0.3) is 0 Å². The van der Waals surface area contributed by atoms with Crippen molar-refractivity contribution in [2.24, 2.45) is 11.7 Å². The Morgan fingerprint density at radius 2 is 1.55 bits per heavy atom. The molecule has 9 heteroatoms. The molecule has 0 fully saturated rings. The maximum atomic E-state index is 13.7. The van der Waals surface area contributed by atoms with Crippen LogP contribution in [-0.4, -0.2) is 33.6 Å². The van der Waals surface area contributed by atoms with Crippen molar-refractivity contribution < 1.29 is 24.0 Å². The molecule has 0 aliphatic carbocycles. The van der Waals surface area contributed by atoms with E-state index >= 15 is 0 Å².